The predicted octanol–water partition coefficient (Wildman–Crippen LogP) is 4.46. The van der Waals surface area contributed by atoms with Crippen molar-refractivity contribution in [1.29, 1.82) is 0 Å². The van der Waals surface area contributed by atoms with E-state index in [-0.39, 0.29) is 0 Å². The molecule has 0 radical (unpaired) electrons. The third-order valence-corrected chi connectivity index (χ3v) is 4.60. The van der Waals surface area contributed by atoms with Crippen molar-refractivity contribution in [1.82, 2.24) is 0 Å². The lowest BCUT2D eigenvalue weighted by Crippen LogP contribution is -2.26. The number of benzene rings is 1. The first-order chi connectivity index (χ1) is 9.41. The van der Waals surface area contributed by atoms with Crippen molar-refractivity contribution in [2.45, 2.75) is 47.0 Å². The van der Waals surface area contributed by atoms with E-state index < -0.39 is 0 Å². The van der Waals surface area contributed by atoms with Gasteiger partial charge in [0.15, 0.2) is 6.29 Å². The molecule has 1 fully saturated rings. The summed E-state index contributed by atoms with van der Waals surface area (Å²) >= 11 is 0. The van der Waals surface area contributed by atoms with Crippen LogP contribution in [0.3, 0.4) is 0 Å². The minimum Gasteiger partial charge on any atom is -0.371 e. The van der Waals surface area contributed by atoms with Crippen LogP contribution in [-0.2, 0) is 0 Å². The Morgan fingerprint density at radius 3 is 2.60 bits per heavy atom. The maximum absolute atomic E-state index is 11.3. The Labute approximate surface area is 123 Å². The van der Waals surface area contributed by atoms with Crippen molar-refractivity contribution >= 4 is 12.0 Å². The molecule has 1 aliphatic heterocycles. The predicted molar refractivity (Wildman–Crippen MR) is 85.6 cm³/mol. The number of carbonyl (C=O) groups is 1. The fourth-order valence-electron chi connectivity index (χ4n) is 3.26. The van der Waals surface area contributed by atoms with Crippen LogP contribution in [-0.4, -0.2) is 19.4 Å². The molecule has 1 aromatic carbocycles. The van der Waals surface area contributed by atoms with Gasteiger partial charge in [-0.1, -0.05) is 32.4 Å². The number of aryl methyl sites for hydroxylation is 1. The second-order valence-corrected chi connectivity index (χ2v) is 7.16. The second-order valence-electron chi connectivity index (χ2n) is 7.16. The van der Waals surface area contributed by atoms with Gasteiger partial charge in [0.05, 0.1) is 0 Å². The van der Waals surface area contributed by atoms with E-state index in [0.29, 0.717) is 5.41 Å². The summed E-state index contributed by atoms with van der Waals surface area (Å²) in [6.07, 6.45) is 4.72. The highest BCUT2D eigenvalue weighted by Crippen LogP contribution is 2.35. The zero-order valence-corrected chi connectivity index (χ0v) is 13.3. The van der Waals surface area contributed by atoms with Crippen LogP contribution in [0, 0.1) is 18.3 Å². The standard InChI is InChI=1S/C18H27NO/c1-14-7-8-17(15(12-14)13-20)19-10-5-6-16(9-11-19)18(2,3)4/h7-8,12-13,16H,5-6,9-11H2,1-4H3. The molecule has 2 rings (SSSR count). The van der Waals surface area contributed by atoms with E-state index in [0.717, 1.165) is 42.1 Å². The quantitative estimate of drug-likeness (QED) is 0.741. The van der Waals surface area contributed by atoms with Crippen LogP contribution in [0.25, 0.3) is 0 Å². The van der Waals surface area contributed by atoms with Gasteiger partial charge in [0.1, 0.15) is 0 Å². The van der Waals surface area contributed by atoms with E-state index in [1.54, 1.807) is 0 Å². The number of carbonyl (C=O) groups excluding carboxylic acids is 1. The summed E-state index contributed by atoms with van der Waals surface area (Å²) in [4.78, 5) is 13.7. The van der Waals surface area contributed by atoms with Crippen LogP contribution < -0.4 is 4.90 Å². The Morgan fingerprint density at radius 2 is 1.95 bits per heavy atom. The molecule has 0 N–H and O–H groups in total. The molecule has 0 amide bonds. The number of anilines is 1. The molecule has 0 saturated carbocycles. The Bertz CT molecular complexity index is 473. The van der Waals surface area contributed by atoms with Gasteiger partial charge in [-0.15, -0.1) is 0 Å². The van der Waals surface area contributed by atoms with E-state index >= 15 is 0 Å². The molecule has 110 valence electrons. The van der Waals surface area contributed by atoms with Crippen LogP contribution in [0.1, 0.15) is 56.0 Å². The number of aldehydes is 1. The summed E-state index contributed by atoms with van der Waals surface area (Å²) in [5.41, 5.74) is 3.48. The summed E-state index contributed by atoms with van der Waals surface area (Å²) in [5, 5.41) is 0. The van der Waals surface area contributed by atoms with E-state index in [1.165, 1.54) is 19.3 Å². The van der Waals surface area contributed by atoms with Gasteiger partial charge in [0.25, 0.3) is 0 Å². The zero-order valence-electron chi connectivity index (χ0n) is 13.3. The molecule has 0 aliphatic carbocycles. The lowest BCUT2D eigenvalue weighted by Gasteiger charge is -2.30. The number of hydrogen-bond donors (Lipinski definition) is 0. The van der Waals surface area contributed by atoms with Crippen LogP contribution in [0.4, 0.5) is 5.69 Å². The van der Waals surface area contributed by atoms with Crippen LogP contribution in [0.5, 0.6) is 0 Å². The van der Waals surface area contributed by atoms with Crippen LogP contribution >= 0.6 is 0 Å². The normalized spacial score (nSPS) is 20.6. The molecule has 0 bridgehead atoms. The van der Waals surface area contributed by atoms with E-state index in [1.807, 2.05) is 13.0 Å². The Kier molecular flexibility index (Phi) is 4.52. The summed E-state index contributed by atoms with van der Waals surface area (Å²) in [5.74, 6) is 0.776. The molecule has 1 atom stereocenters. The van der Waals surface area contributed by atoms with Crippen molar-refractivity contribution < 1.29 is 4.79 Å². The summed E-state index contributed by atoms with van der Waals surface area (Å²) in [6.45, 7) is 11.2. The van der Waals surface area contributed by atoms with Crippen molar-refractivity contribution in [3.8, 4) is 0 Å². The minimum absolute atomic E-state index is 0.386. The summed E-state index contributed by atoms with van der Waals surface area (Å²) in [7, 11) is 0. The molecule has 0 aromatic heterocycles. The van der Waals surface area contributed by atoms with Gasteiger partial charge < -0.3 is 4.90 Å². The average molecular weight is 273 g/mol. The van der Waals surface area contributed by atoms with Gasteiger partial charge in [-0.05, 0) is 49.7 Å². The first-order valence-electron chi connectivity index (χ1n) is 7.72. The van der Waals surface area contributed by atoms with Crippen molar-refractivity contribution in [2.24, 2.45) is 11.3 Å². The van der Waals surface area contributed by atoms with Crippen LogP contribution in [0.2, 0.25) is 0 Å². The smallest absolute Gasteiger partial charge is 0.152 e. The number of hydrogen-bond acceptors (Lipinski definition) is 2. The third-order valence-electron chi connectivity index (χ3n) is 4.60. The first kappa shape index (κ1) is 15.1. The Balaban J connectivity index is 2.17. The highest BCUT2D eigenvalue weighted by atomic mass is 16.1. The monoisotopic (exact) mass is 273 g/mol. The molecular weight excluding hydrogens is 246 g/mol. The van der Waals surface area contributed by atoms with E-state index in [4.69, 9.17) is 0 Å². The topological polar surface area (TPSA) is 20.3 Å². The average Bonchev–Trinajstić information content (AvgIpc) is 2.63. The number of rotatable bonds is 2. The molecule has 1 heterocycles. The highest BCUT2D eigenvalue weighted by molar-refractivity contribution is 5.85. The molecule has 2 heteroatoms. The van der Waals surface area contributed by atoms with Gasteiger partial charge in [0.2, 0.25) is 0 Å². The fourth-order valence-corrected chi connectivity index (χ4v) is 3.26. The highest BCUT2D eigenvalue weighted by Gasteiger charge is 2.27. The van der Waals surface area contributed by atoms with Crippen molar-refractivity contribution in [3.05, 3.63) is 29.3 Å². The first-order valence-corrected chi connectivity index (χ1v) is 7.72. The molecule has 20 heavy (non-hydrogen) atoms. The van der Waals surface area contributed by atoms with E-state index in [2.05, 4.69) is 37.8 Å². The van der Waals surface area contributed by atoms with Gasteiger partial charge in [0, 0.05) is 24.3 Å². The summed E-state index contributed by atoms with van der Waals surface area (Å²) in [6, 6.07) is 6.21. The second kappa shape index (κ2) is 5.99. The summed E-state index contributed by atoms with van der Waals surface area (Å²) < 4.78 is 0. The molecule has 1 unspecified atom stereocenters. The molecule has 1 saturated heterocycles. The lowest BCUT2D eigenvalue weighted by atomic mass is 9.77. The Hall–Kier alpha value is -1.31. The van der Waals surface area contributed by atoms with Crippen molar-refractivity contribution in [3.63, 3.8) is 0 Å². The SMILES string of the molecule is Cc1ccc(N2CCCC(C(C)(C)C)CC2)c(C=O)c1. The van der Waals surface area contributed by atoms with Crippen molar-refractivity contribution in [2.75, 3.05) is 18.0 Å². The molecule has 0 spiro atoms. The molecule has 2 nitrogen and oxygen atoms in total. The maximum Gasteiger partial charge on any atom is 0.152 e. The third kappa shape index (κ3) is 3.41. The van der Waals surface area contributed by atoms with Gasteiger partial charge in [-0.3, -0.25) is 4.79 Å². The maximum atomic E-state index is 11.3. The van der Waals surface area contributed by atoms with Crippen LogP contribution in [0.15, 0.2) is 18.2 Å². The minimum atomic E-state index is 0.386. The van der Waals surface area contributed by atoms with Gasteiger partial charge >= 0.3 is 0 Å². The van der Waals surface area contributed by atoms with Gasteiger partial charge in [-0.2, -0.15) is 0 Å². The fraction of sp³-hybridized carbons (Fsp3) is 0.611. The largest absolute Gasteiger partial charge is 0.371 e. The van der Waals surface area contributed by atoms with Gasteiger partial charge in [-0.25, -0.2) is 0 Å². The molecule has 1 aromatic rings. The zero-order chi connectivity index (χ0) is 14.8. The van der Waals surface area contributed by atoms with E-state index in [9.17, 15) is 4.79 Å². The Morgan fingerprint density at radius 1 is 1.20 bits per heavy atom. The molecular formula is C18H27NO. The molecule has 1 aliphatic rings. The lowest BCUT2D eigenvalue weighted by molar-refractivity contribution is 0.112. The number of nitrogens with zero attached hydrogens (tertiary/aromatic N) is 1.